The van der Waals surface area contributed by atoms with Crippen LogP contribution < -0.4 is 10.1 Å². The van der Waals surface area contributed by atoms with E-state index in [2.05, 4.69) is 10.3 Å². The Balaban J connectivity index is 1.83. The lowest BCUT2D eigenvalue weighted by Crippen LogP contribution is -2.14. The van der Waals surface area contributed by atoms with Crippen molar-refractivity contribution in [1.82, 2.24) is 4.98 Å². The fraction of sp³-hybridized carbons (Fsp3) is 0.294. The van der Waals surface area contributed by atoms with Crippen LogP contribution in [0.5, 0.6) is 5.75 Å². The second kappa shape index (κ2) is 8.81. The summed E-state index contributed by atoms with van der Waals surface area (Å²) in [4.78, 5) is 15.7. The van der Waals surface area contributed by atoms with Crippen molar-refractivity contribution in [2.45, 2.75) is 13.3 Å². The molecule has 0 aliphatic rings. The molecule has 128 valence electrons. The zero-order chi connectivity index (χ0) is 17.4. The summed E-state index contributed by atoms with van der Waals surface area (Å²) in [5, 5.41) is 2.96. The van der Waals surface area contributed by atoms with Gasteiger partial charge in [0.1, 0.15) is 28.8 Å². The Morgan fingerprint density at radius 3 is 2.67 bits per heavy atom. The first-order chi connectivity index (χ1) is 11.6. The highest BCUT2D eigenvalue weighted by atomic mass is 19.1. The largest absolute Gasteiger partial charge is 0.494 e. The number of carbonyl (C=O) groups is 1. The highest BCUT2D eigenvalue weighted by Crippen LogP contribution is 2.15. The lowest BCUT2D eigenvalue weighted by Gasteiger charge is -2.11. The average Bonchev–Trinajstić information content (AvgIpc) is 2.57. The first-order valence-corrected chi connectivity index (χ1v) is 7.55. The number of aromatic nitrogens is 1. The molecule has 0 bridgehead atoms. The molecule has 0 saturated heterocycles. The summed E-state index contributed by atoms with van der Waals surface area (Å²) in [6.07, 6.45) is 1.64. The van der Waals surface area contributed by atoms with Crippen molar-refractivity contribution in [2.24, 2.45) is 0 Å². The number of benzene rings is 1. The van der Waals surface area contributed by atoms with E-state index in [-0.39, 0.29) is 23.8 Å². The van der Waals surface area contributed by atoms with Crippen LogP contribution in [0, 0.1) is 11.6 Å². The number of ether oxygens (including phenoxy) is 2. The smallest absolute Gasteiger partial charge is 0.341 e. The van der Waals surface area contributed by atoms with Crippen LogP contribution in [0.15, 0.2) is 36.5 Å². The highest BCUT2D eigenvalue weighted by Gasteiger charge is 2.14. The quantitative estimate of drug-likeness (QED) is 0.591. The van der Waals surface area contributed by atoms with E-state index >= 15 is 0 Å². The van der Waals surface area contributed by atoms with E-state index in [1.54, 1.807) is 19.1 Å². The first-order valence-electron chi connectivity index (χ1n) is 7.55. The molecule has 1 heterocycles. The van der Waals surface area contributed by atoms with Gasteiger partial charge in [-0.05, 0) is 43.7 Å². The maximum absolute atomic E-state index is 13.3. The number of pyridine rings is 1. The van der Waals surface area contributed by atoms with E-state index < -0.39 is 11.8 Å². The molecule has 0 amide bonds. The van der Waals surface area contributed by atoms with Crippen molar-refractivity contribution >= 4 is 11.8 Å². The maximum Gasteiger partial charge on any atom is 0.341 e. The predicted octanol–water partition coefficient (Wildman–Crippen LogP) is 3.42. The second-order valence-corrected chi connectivity index (χ2v) is 4.85. The Hall–Kier alpha value is -2.70. The van der Waals surface area contributed by atoms with Crippen LogP contribution in [0.2, 0.25) is 0 Å². The molecular weight excluding hydrogens is 318 g/mol. The molecule has 7 heteroatoms. The van der Waals surface area contributed by atoms with Gasteiger partial charge < -0.3 is 14.8 Å². The van der Waals surface area contributed by atoms with E-state index in [4.69, 9.17) is 9.47 Å². The normalized spacial score (nSPS) is 10.3. The highest BCUT2D eigenvalue weighted by molar-refractivity contribution is 5.94. The monoisotopic (exact) mass is 336 g/mol. The Labute approximate surface area is 138 Å². The molecule has 0 atom stereocenters. The van der Waals surface area contributed by atoms with Crippen molar-refractivity contribution in [3.05, 3.63) is 53.7 Å². The van der Waals surface area contributed by atoms with Gasteiger partial charge in [0.2, 0.25) is 0 Å². The summed E-state index contributed by atoms with van der Waals surface area (Å²) in [7, 11) is 0. The summed E-state index contributed by atoms with van der Waals surface area (Å²) in [6.45, 7) is 2.73. The third kappa shape index (κ3) is 5.19. The molecule has 1 aromatic carbocycles. The minimum atomic E-state index is -0.630. The van der Waals surface area contributed by atoms with Gasteiger partial charge in [-0.3, -0.25) is 0 Å². The molecule has 1 aromatic heterocycles. The van der Waals surface area contributed by atoms with Gasteiger partial charge in [0.25, 0.3) is 0 Å². The Morgan fingerprint density at radius 2 is 1.96 bits per heavy atom. The summed E-state index contributed by atoms with van der Waals surface area (Å²) in [5.74, 6) is -0.726. The van der Waals surface area contributed by atoms with Crippen LogP contribution >= 0.6 is 0 Å². The zero-order valence-electron chi connectivity index (χ0n) is 13.2. The zero-order valence-corrected chi connectivity index (χ0v) is 13.2. The number of nitrogens with one attached hydrogen (secondary N) is 1. The molecule has 0 spiro atoms. The maximum atomic E-state index is 13.3. The van der Waals surface area contributed by atoms with Crippen LogP contribution in [0.3, 0.4) is 0 Å². The summed E-state index contributed by atoms with van der Waals surface area (Å²) in [5.41, 5.74) is 0.0521. The molecule has 0 saturated carbocycles. The molecule has 0 radical (unpaired) electrons. The number of rotatable bonds is 8. The Morgan fingerprint density at radius 1 is 1.21 bits per heavy atom. The molecule has 24 heavy (non-hydrogen) atoms. The number of anilines is 1. The first kappa shape index (κ1) is 17.7. The van der Waals surface area contributed by atoms with Gasteiger partial charge >= 0.3 is 5.97 Å². The Bertz CT molecular complexity index is 678. The van der Waals surface area contributed by atoms with Gasteiger partial charge in [0.05, 0.1) is 19.4 Å². The summed E-state index contributed by atoms with van der Waals surface area (Å²) < 4.78 is 36.4. The molecule has 0 aliphatic heterocycles. The van der Waals surface area contributed by atoms with Gasteiger partial charge in [-0.1, -0.05) is 0 Å². The third-order valence-corrected chi connectivity index (χ3v) is 3.05. The molecule has 0 fully saturated rings. The van der Waals surface area contributed by atoms with Crippen molar-refractivity contribution in [3.63, 3.8) is 0 Å². The van der Waals surface area contributed by atoms with Gasteiger partial charge in [-0.25, -0.2) is 18.6 Å². The molecule has 2 aromatic rings. The number of hydrogen-bond donors (Lipinski definition) is 1. The minimum absolute atomic E-state index is 0.0521. The molecule has 0 unspecified atom stereocenters. The third-order valence-electron chi connectivity index (χ3n) is 3.05. The number of halogens is 2. The predicted molar refractivity (Wildman–Crippen MR) is 85.2 cm³/mol. The van der Waals surface area contributed by atoms with Crippen LogP contribution in [0.1, 0.15) is 23.7 Å². The molecular formula is C17H18F2N2O3. The van der Waals surface area contributed by atoms with Gasteiger partial charge in [-0.2, -0.15) is 0 Å². The minimum Gasteiger partial charge on any atom is -0.494 e. The van der Waals surface area contributed by atoms with Crippen LogP contribution in [0.25, 0.3) is 0 Å². The molecule has 2 rings (SSSR count). The van der Waals surface area contributed by atoms with E-state index in [0.29, 0.717) is 25.3 Å². The van der Waals surface area contributed by atoms with E-state index in [1.807, 2.05) is 0 Å². The summed E-state index contributed by atoms with van der Waals surface area (Å²) >= 11 is 0. The van der Waals surface area contributed by atoms with E-state index in [9.17, 15) is 13.6 Å². The van der Waals surface area contributed by atoms with Gasteiger partial charge in [0, 0.05) is 6.54 Å². The molecule has 1 N–H and O–H groups in total. The lowest BCUT2D eigenvalue weighted by molar-refractivity contribution is 0.0526. The summed E-state index contributed by atoms with van der Waals surface area (Å²) in [6, 6.07) is 6.82. The SMILES string of the molecule is CCOC(=O)c1cc(F)cnc1NCCCOc1ccc(F)cc1. The van der Waals surface area contributed by atoms with Gasteiger partial charge in [-0.15, -0.1) is 0 Å². The van der Waals surface area contributed by atoms with Crippen molar-refractivity contribution in [1.29, 1.82) is 0 Å². The second-order valence-electron chi connectivity index (χ2n) is 4.85. The standard InChI is InChI=1S/C17H18F2N2O3/c1-2-23-17(22)15-10-13(19)11-21-16(15)20-8-3-9-24-14-6-4-12(18)5-7-14/h4-7,10-11H,2-3,8-9H2,1H3,(H,20,21). The van der Waals surface area contributed by atoms with E-state index in [1.165, 1.54) is 12.1 Å². The van der Waals surface area contributed by atoms with Crippen LogP contribution in [0.4, 0.5) is 14.6 Å². The number of carbonyl (C=O) groups excluding carboxylic acids is 1. The number of nitrogens with zero attached hydrogens (tertiary/aromatic N) is 1. The van der Waals surface area contributed by atoms with Crippen molar-refractivity contribution in [3.8, 4) is 5.75 Å². The van der Waals surface area contributed by atoms with Crippen LogP contribution in [-0.4, -0.2) is 30.7 Å². The number of hydrogen-bond acceptors (Lipinski definition) is 5. The lowest BCUT2D eigenvalue weighted by atomic mass is 10.2. The fourth-order valence-corrected chi connectivity index (χ4v) is 1.94. The van der Waals surface area contributed by atoms with Gasteiger partial charge in [0.15, 0.2) is 0 Å². The fourth-order valence-electron chi connectivity index (χ4n) is 1.94. The molecule has 0 aliphatic carbocycles. The number of esters is 1. The average molecular weight is 336 g/mol. The van der Waals surface area contributed by atoms with Crippen LogP contribution in [-0.2, 0) is 4.74 Å². The van der Waals surface area contributed by atoms with Crippen molar-refractivity contribution < 1.29 is 23.0 Å². The molecule has 5 nitrogen and oxygen atoms in total. The topological polar surface area (TPSA) is 60.5 Å². The van der Waals surface area contributed by atoms with Crippen molar-refractivity contribution in [2.75, 3.05) is 25.1 Å². The Kier molecular flexibility index (Phi) is 6.48. The van der Waals surface area contributed by atoms with E-state index in [0.717, 1.165) is 12.3 Å².